The van der Waals surface area contributed by atoms with E-state index in [-0.39, 0.29) is 0 Å². The summed E-state index contributed by atoms with van der Waals surface area (Å²) in [7, 11) is 0. The van der Waals surface area contributed by atoms with Crippen LogP contribution in [0.3, 0.4) is 0 Å². The van der Waals surface area contributed by atoms with Gasteiger partial charge in [0.15, 0.2) is 0 Å². The molecule has 1 saturated heterocycles. The third-order valence-corrected chi connectivity index (χ3v) is 3.15. The van der Waals surface area contributed by atoms with Crippen molar-refractivity contribution in [3.05, 3.63) is 35.4 Å². The van der Waals surface area contributed by atoms with Gasteiger partial charge in [-0.3, -0.25) is 0 Å². The Labute approximate surface area is 101 Å². The van der Waals surface area contributed by atoms with Crippen LogP contribution in [0.4, 0.5) is 0 Å². The van der Waals surface area contributed by atoms with Crippen molar-refractivity contribution < 1.29 is 9.90 Å². The first-order chi connectivity index (χ1) is 8.27. The molecule has 1 aromatic rings. The van der Waals surface area contributed by atoms with Crippen LogP contribution < -0.4 is 5.32 Å². The number of aromatic carboxylic acids is 1. The first kappa shape index (κ1) is 12.1. The number of piperazine rings is 1. The molecule has 4 nitrogen and oxygen atoms in total. The molecule has 0 radical (unpaired) electrons. The summed E-state index contributed by atoms with van der Waals surface area (Å²) in [5, 5.41) is 12.4. The average Bonchev–Trinajstić information content (AvgIpc) is 2.38. The average molecular weight is 234 g/mol. The van der Waals surface area contributed by atoms with E-state index < -0.39 is 5.97 Å². The third-order valence-electron chi connectivity index (χ3n) is 3.15. The summed E-state index contributed by atoms with van der Waals surface area (Å²) >= 11 is 0. The van der Waals surface area contributed by atoms with Gasteiger partial charge in [0.25, 0.3) is 0 Å². The molecule has 1 fully saturated rings. The van der Waals surface area contributed by atoms with E-state index in [1.54, 1.807) is 12.1 Å². The maximum absolute atomic E-state index is 11.0. The molecule has 1 aliphatic heterocycles. The standard InChI is InChI=1S/C13H18N2O2/c16-13(17)12-4-2-1-3-11(12)5-8-15-9-6-14-7-10-15/h1-4,14H,5-10H2,(H,16,17). The fourth-order valence-corrected chi connectivity index (χ4v) is 2.16. The number of nitrogens with zero attached hydrogens (tertiary/aromatic N) is 1. The lowest BCUT2D eigenvalue weighted by molar-refractivity contribution is 0.0695. The minimum atomic E-state index is -0.832. The van der Waals surface area contributed by atoms with Gasteiger partial charge in [-0.2, -0.15) is 0 Å². The van der Waals surface area contributed by atoms with Gasteiger partial charge in [0.2, 0.25) is 0 Å². The fraction of sp³-hybridized carbons (Fsp3) is 0.462. The summed E-state index contributed by atoms with van der Waals surface area (Å²) in [4.78, 5) is 13.4. The van der Waals surface area contributed by atoms with Crippen LogP contribution in [0.15, 0.2) is 24.3 Å². The first-order valence-electron chi connectivity index (χ1n) is 6.01. The molecular weight excluding hydrogens is 216 g/mol. The Bertz CT molecular complexity index is 387. The van der Waals surface area contributed by atoms with E-state index >= 15 is 0 Å². The zero-order chi connectivity index (χ0) is 12.1. The predicted molar refractivity (Wildman–Crippen MR) is 66.4 cm³/mol. The fourth-order valence-electron chi connectivity index (χ4n) is 2.16. The van der Waals surface area contributed by atoms with Gasteiger partial charge in [0.1, 0.15) is 0 Å². The molecule has 1 aromatic carbocycles. The molecule has 0 aliphatic carbocycles. The number of benzene rings is 1. The van der Waals surface area contributed by atoms with Crippen LogP contribution in [-0.4, -0.2) is 48.7 Å². The van der Waals surface area contributed by atoms with Crippen molar-refractivity contribution in [3.63, 3.8) is 0 Å². The van der Waals surface area contributed by atoms with Gasteiger partial charge in [0, 0.05) is 32.7 Å². The number of carbonyl (C=O) groups is 1. The molecule has 17 heavy (non-hydrogen) atoms. The highest BCUT2D eigenvalue weighted by Gasteiger charge is 2.12. The highest BCUT2D eigenvalue weighted by atomic mass is 16.4. The van der Waals surface area contributed by atoms with E-state index in [1.807, 2.05) is 12.1 Å². The Hall–Kier alpha value is -1.39. The molecule has 1 heterocycles. The molecule has 0 unspecified atom stereocenters. The molecule has 0 spiro atoms. The van der Waals surface area contributed by atoms with Crippen molar-refractivity contribution in [3.8, 4) is 0 Å². The molecule has 0 bridgehead atoms. The van der Waals surface area contributed by atoms with Crippen molar-refractivity contribution in [2.24, 2.45) is 0 Å². The third kappa shape index (κ3) is 3.28. The Morgan fingerprint density at radius 3 is 2.71 bits per heavy atom. The Morgan fingerprint density at radius 1 is 1.29 bits per heavy atom. The maximum Gasteiger partial charge on any atom is 0.335 e. The van der Waals surface area contributed by atoms with Gasteiger partial charge < -0.3 is 15.3 Å². The number of rotatable bonds is 4. The van der Waals surface area contributed by atoms with Crippen LogP contribution in [0.25, 0.3) is 0 Å². The minimum absolute atomic E-state index is 0.433. The second-order valence-electron chi connectivity index (χ2n) is 4.30. The normalized spacial score (nSPS) is 16.9. The molecule has 1 aliphatic rings. The van der Waals surface area contributed by atoms with Crippen LogP contribution in [0, 0.1) is 0 Å². The van der Waals surface area contributed by atoms with E-state index in [2.05, 4.69) is 10.2 Å². The predicted octanol–water partition coefficient (Wildman–Crippen LogP) is 0.833. The Morgan fingerprint density at radius 2 is 2.00 bits per heavy atom. The second-order valence-corrected chi connectivity index (χ2v) is 4.30. The van der Waals surface area contributed by atoms with Crippen LogP contribution in [0.2, 0.25) is 0 Å². The number of carboxylic acid groups (broad SMARTS) is 1. The smallest absolute Gasteiger partial charge is 0.335 e. The van der Waals surface area contributed by atoms with Crippen molar-refractivity contribution in [1.82, 2.24) is 10.2 Å². The first-order valence-corrected chi connectivity index (χ1v) is 6.01. The molecular formula is C13H18N2O2. The van der Waals surface area contributed by atoms with E-state index in [0.29, 0.717) is 5.56 Å². The highest BCUT2D eigenvalue weighted by Crippen LogP contribution is 2.10. The number of carboxylic acids is 1. The van der Waals surface area contributed by atoms with Crippen molar-refractivity contribution >= 4 is 5.97 Å². The summed E-state index contributed by atoms with van der Waals surface area (Å²) in [6.45, 7) is 5.09. The van der Waals surface area contributed by atoms with Crippen LogP contribution >= 0.6 is 0 Å². The Kier molecular flexibility index (Phi) is 4.12. The van der Waals surface area contributed by atoms with Crippen molar-refractivity contribution in [1.29, 1.82) is 0 Å². The summed E-state index contributed by atoms with van der Waals surface area (Å²) in [6, 6.07) is 7.26. The monoisotopic (exact) mass is 234 g/mol. The molecule has 0 amide bonds. The zero-order valence-electron chi connectivity index (χ0n) is 9.85. The van der Waals surface area contributed by atoms with E-state index in [1.165, 1.54) is 0 Å². The number of hydrogen-bond acceptors (Lipinski definition) is 3. The SMILES string of the molecule is O=C(O)c1ccccc1CCN1CCNCC1. The lowest BCUT2D eigenvalue weighted by Gasteiger charge is -2.27. The molecule has 0 atom stereocenters. The minimum Gasteiger partial charge on any atom is -0.478 e. The van der Waals surface area contributed by atoms with Crippen molar-refractivity contribution in [2.75, 3.05) is 32.7 Å². The second kappa shape index (κ2) is 5.80. The van der Waals surface area contributed by atoms with Gasteiger partial charge in [0.05, 0.1) is 5.56 Å². The molecule has 4 heteroatoms. The topological polar surface area (TPSA) is 52.6 Å². The van der Waals surface area contributed by atoms with Gasteiger partial charge in [-0.25, -0.2) is 4.79 Å². The van der Waals surface area contributed by atoms with Gasteiger partial charge in [-0.1, -0.05) is 18.2 Å². The Balaban J connectivity index is 1.96. The molecule has 0 aromatic heterocycles. The molecule has 2 N–H and O–H groups in total. The summed E-state index contributed by atoms with van der Waals surface area (Å²) in [5.74, 6) is -0.832. The van der Waals surface area contributed by atoms with E-state index in [0.717, 1.165) is 44.7 Å². The molecule has 2 rings (SSSR count). The maximum atomic E-state index is 11.0. The van der Waals surface area contributed by atoms with Crippen LogP contribution in [-0.2, 0) is 6.42 Å². The zero-order valence-corrected chi connectivity index (χ0v) is 9.85. The summed E-state index contributed by atoms with van der Waals surface area (Å²) in [5.41, 5.74) is 1.36. The van der Waals surface area contributed by atoms with Crippen molar-refractivity contribution in [2.45, 2.75) is 6.42 Å². The van der Waals surface area contributed by atoms with Gasteiger partial charge in [-0.05, 0) is 18.1 Å². The van der Waals surface area contributed by atoms with Gasteiger partial charge in [-0.15, -0.1) is 0 Å². The molecule has 92 valence electrons. The van der Waals surface area contributed by atoms with Gasteiger partial charge >= 0.3 is 5.97 Å². The number of nitrogens with one attached hydrogen (secondary N) is 1. The van der Waals surface area contributed by atoms with Crippen LogP contribution in [0.1, 0.15) is 15.9 Å². The lowest BCUT2D eigenvalue weighted by Crippen LogP contribution is -2.44. The lowest BCUT2D eigenvalue weighted by atomic mass is 10.0. The van der Waals surface area contributed by atoms with Crippen LogP contribution in [0.5, 0.6) is 0 Å². The van der Waals surface area contributed by atoms with E-state index in [4.69, 9.17) is 5.11 Å². The quantitative estimate of drug-likeness (QED) is 0.810. The highest BCUT2D eigenvalue weighted by molar-refractivity contribution is 5.89. The summed E-state index contributed by atoms with van der Waals surface area (Å²) < 4.78 is 0. The van der Waals surface area contributed by atoms with E-state index in [9.17, 15) is 4.79 Å². The summed E-state index contributed by atoms with van der Waals surface area (Å²) in [6.07, 6.45) is 0.808. The molecule has 0 saturated carbocycles. The largest absolute Gasteiger partial charge is 0.478 e. The number of hydrogen-bond donors (Lipinski definition) is 2.